The molecule has 6 heteroatoms. The SMILES string of the molecule is O=C1Cc2cc(C(=O)NC[C@@H]3CCCC[C@@H]3C(=O)O)ccc2N1. The van der Waals surface area contributed by atoms with Crippen molar-refractivity contribution < 1.29 is 19.5 Å². The summed E-state index contributed by atoms with van der Waals surface area (Å²) in [4.78, 5) is 34.9. The first-order valence-electron chi connectivity index (χ1n) is 7.98. The molecule has 0 unspecified atom stereocenters. The van der Waals surface area contributed by atoms with E-state index in [9.17, 15) is 19.5 Å². The average Bonchev–Trinajstić information content (AvgIpc) is 2.91. The molecule has 0 radical (unpaired) electrons. The molecule has 1 saturated carbocycles. The van der Waals surface area contributed by atoms with E-state index < -0.39 is 5.97 Å². The average molecular weight is 316 g/mol. The van der Waals surface area contributed by atoms with Gasteiger partial charge in [0.15, 0.2) is 0 Å². The van der Waals surface area contributed by atoms with E-state index in [4.69, 9.17) is 0 Å². The van der Waals surface area contributed by atoms with Crippen molar-refractivity contribution in [1.82, 2.24) is 5.32 Å². The minimum atomic E-state index is -0.772. The number of anilines is 1. The van der Waals surface area contributed by atoms with Crippen LogP contribution in [0.15, 0.2) is 18.2 Å². The first kappa shape index (κ1) is 15.5. The summed E-state index contributed by atoms with van der Waals surface area (Å²) in [6, 6.07) is 5.13. The molecule has 0 bridgehead atoms. The maximum absolute atomic E-state index is 12.3. The van der Waals surface area contributed by atoms with Gasteiger partial charge in [-0.2, -0.15) is 0 Å². The van der Waals surface area contributed by atoms with Crippen LogP contribution in [0.25, 0.3) is 0 Å². The number of hydrogen-bond acceptors (Lipinski definition) is 3. The Morgan fingerprint density at radius 2 is 2.04 bits per heavy atom. The Morgan fingerprint density at radius 1 is 1.26 bits per heavy atom. The van der Waals surface area contributed by atoms with Crippen molar-refractivity contribution in [2.24, 2.45) is 11.8 Å². The maximum Gasteiger partial charge on any atom is 0.306 e. The second-order valence-corrected chi connectivity index (χ2v) is 6.30. The fourth-order valence-corrected chi connectivity index (χ4v) is 3.47. The molecule has 2 atom stereocenters. The van der Waals surface area contributed by atoms with Crippen LogP contribution in [-0.4, -0.2) is 29.4 Å². The summed E-state index contributed by atoms with van der Waals surface area (Å²) in [5.74, 6) is -1.44. The highest BCUT2D eigenvalue weighted by Gasteiger charge is 2.31. The summed E-state index contributed by atoms with van der Waals surface area (Å²) < 4.78 is 0. The quantitative estimate of drug-likeness (QED) is 0.789. The molecule has 3 rings (SSSR count). The minimum Gasteiger partial charge on any atom is -0.481 e. The lowest BCUT2D eigenvalue weighted by atomic mass is 9.79. The molecule has 1 aromatic rings. The second kappa shape index (κ2) is 6.40. The zero-order valence-corrected chi connectivity index (χ0v) is 12.8. The van der Waals surface area contributed by atoms with Crippen molar-refractivity contribution in [2.45, 2.75) is 32.1 Å². The van der Waals surface area contributed by atoms with Crippen LogP contribution >= 0.6 is 0 Å². The number of carboxylic acids is 1. The Bertz CT molecular complexity index is 656. The van der Waals surface area contributed by atoms with Gasteiger partial charge >= 0.3 is 5.97 Å². The van der Waals surface area contributed by atoms with Crippen LogP contribution < -0.4 is 10.6 Å². The van der Waals surface area contributed by atoms with Crippen molar-refractivity contribution >= 4 is 23.5 Å². The molecule has 1 fully saturated rings. The third-order valence-corrected chi connectivity index (χ3v) is 4.74. The van der Waals surface area contributed by atoms with Crippen LogP contribution in [-0.2, 0) is 16.0 Å². The zero-order chi connectivity index (χ0) is 16.4. The van der Waals surface area contributed by atoms with E-state index in [1.54, 1.807) is 18.2 Å². The number of fused-ring (bicyclic) bond motifs is 1. The number of amides is 2. The number of benzene rings is 1. The van der Waals surface area contributed by atoms with Gasteiger partial charge in [0.25, 0.3) is 5.91 Å². The zero-order valence-electron chi connectivity index (χ0n) is 12.8. The number of rotatable bonds is 4. The van der Waals surface area contributed by atoms with Gasteiger partial charge in [0.05, 0.1) is 12.3 Å². The summed E-state index contributed by atoms with van der Waals surface area (Å²) in [7, 11) is 0. The van der Waals surface area contributed by atoms with Crippen LogP contribution in [0, 0.1) is 11.8 Å². The van der Waals surface area contributed by atoms with Crippen molar-refractivity contribution in [1.29, 1.82) is 0 Å². The molecule has 0 saturated heterocycles. The third kappa shape index (κ3) is 3.36. The third-order valence-electron chi connectivity index (χ3n) is 4.74. The lowest BCUT2D eigenvalue weighted by Crippen LogP contribution is -2.37. The first-order valence-corrected chi connectivity index (χ1v) is 7.98. The number of nitrogens with one attached hydrogen (secondary N) is 2. The summed E-state index contributed by atoms with van der Waals surface area (Å²) in [5, 5.41) is 14.8. The van der Waals surface area contributed by atoms with Crippen molar-refractivity contribution in [3.63, 3.8) is 0 Å². The molecular formula is C17H20N2O4. The van der Waals surface area contributed by atoms with Crippen LogP contribution in [0.5, 0.6) is 0 Å². The number of aliphatic carboxylic acids is 1. The molecule has 2 aliphatic rings. The van der Waals surface area contributed by atoms with Gasteiger partial charge in [-0.25, -0.2) is 0 Å². The molecule has 0 spiro atoms. The number of carboxylic acid groups (broad SMARTS) is 1. The van der Waals surface area contributed by atoms with Crippen molar-refractivity contribution in [3.05, 3.63) is 29.3 Å². The highest BCUT2D eigenvalue weighted by atomic mass is 16.4. The molecule has 3 N–H and O–H groups in total. The molecular weight excluding hydrogens is 296 g/mol. The Morgan fingerprint density at radius 3 is 2.83 bits per heavy atom. The van der Waals surface area contributed by atoms with Crippen LogP contribution in [0.2, 0.25) is 0 Å². The molecule has 1 aliphatic heterocycles. The summed E-state index contributed by atoms with van der Waals surface area (Å²) in [6.07, 6.45) is 3.76. The van der Waals surface area contributed by atoms with E-state index in [0.717, 1.165) is 30.5 Å². The number of carbonyl (C=O) groups excluding carboxylic acids is 2. The Kier molecular flexibility index (Phi) is 4.32. The number of hydrogen-bond donors (Lipinski definition) is 3. The summed E-state index contributed by atoms with van der Waals surface area (Å²) in [5.41, 5.74) is 2.08. The molecule has 1 aromatic carbocycles. The molecule has 2 amide bonds. The van der Waals surface area contributed by atoms with Crippen molar-refractivity contribution in [2.75, 3.05) is 11.9 Å². The topological polar surface area (TPSA) is 95.5 Å². The van der Waals surface area contributed by atoms with Crippen LogP contribution in [0.1, 0.15) is 41.6 Å². The monoisotopic (exact) mass is 316 g/mol. The van der Waals surface area contributed by atoms with Gasteiger partial charge in [0, 0.05) is 17.8 Å². The Labute approximate surface area is 134 Å². The molecule has 122 valence electrons. The lowest BCUT2D eigenvalue weighted by molar-refractivity contribution is -0.144. The highest BCUT2D eigenvalue weighted by molar-refractivity contribution is 6.01. The summed E-state index contributed by atoms with van der Waals surface area (Å²) in [6.45, 7) is 0.379. The summed E-state index contributed by atoms with van der Waals surface area (Å²) >= 11 is 0. The smallest absolute Gasteiger partial charge is 0.306 e. The van der Waals surface area contributed by atoms with Gasteiger partial charge in [0.1, 0.15) is 0 Å². The van der Waals surface area contributed by atoms with Gasteiger partial charge in [0.2, 0.25) is 5.91 Å². The molecule has 0 aromatic heterocycles. The standard InChI is InChI=1S/C17H20N2O4/c20-15-8-12-7-10(5-6-14(12)19-15)16(21)18-9-11-3-1-2-4-13(11)17(22)23/h5-7,11,13H,1-4,8-9H2,(H,18,21)(H,19,20)(H,22,23)/t11-,13-/m0/s1. The van der Waals surface area contributed by atoms with E-state index in [1.807, 2.05) is 0 Å². The predicted octanol–water partition coefficient (Wildman–Crippen LogP) is 1.80. The largest absolute Gasteiger partial charge is 0.481 e. The Balaban J connectivity index is 1.62. The van der Waals surface area contributed by atoms with E-state index in [0.29, 0.717) is 24.9 Å². The maximum atomic E-state index is 12.3. The number of carbonyl (C=O) groups is 3. The Hall–Kier alpha value is -2.37. The molecule has 6 nitrogen and oxygen atoms in total. The van der Waals surface area contributed by atoms with Gasteiger partial charge in [-0.05, 0) is 42.5 Å². The van der Waals surface area contributed by atoms with Gasteiger partial charge < -0.3 is 15.7 Å². The van der Waals surface area contributed by atoms with Gasteiger partial charge in [-0.1, -0.05) is 12.8 Å². The van der Waals surface area contributed by atoms with Gasteiger partial charge in [-0.3, -0.25) is 14.4 Å². The fourth-order valence-electron chi connectivity index (χ4n) is 3.47. The minimum absolute atomic E-state index is 0.0112. The van der Waals surface area contributed by atoms with E-state index >= 15 is 0 Å². The normalized spacial score (nSPS) is 23.0. The highest BCUT2D eigenvalue weighted by Crippen LogP contribution is 2.30. The molecule has 23 heavy (non-hydrogen) atoms. The van der Waals surface area contributed by atoms with Crippen LogP contribution in [0.4, 0.5) is 5.69 Å². The lowest BCUT2D eigenvalue weighted by Gasteiger charge is -2.28. The van der Waals surface area contributed by atoms with E-state index in [-0.39, 0.29) is 23.7 Å². The van der Waals surface area contributed by atoms with Crippen LogP contribution in [0.3, 0.4) is 0 Å². The van der Waals surface area contributed by atoms with E-state index in [2.05, 4.69) is 10.6 Å². The predicted molar refractivity (Wildman–Crippen MR) is 84.2 cm³/mol. The van der Waals surface area contributed by atoms with Gasteiger partial charge in [-0.15, -0.1) is 0 Å². The fraction of sp³-hybridized carbons (Fsp3) is 0.471. The first-order chi connectivity index (χ1) is 11.0. The molecule has 1 heterocycles. The van der Waals surface area contributed by atoms with Crippen molar-refractivity contribution in [3.8, 4) is 0 Å². The second-order valence-electron chi connectivity index (χ2n) is 6.30. The molecule has 1 aliphatic carbocycles. The van der Waals surface area contributed by atoms with E-state index in [1.165, 1.54) is 0 Å².